The SMILES string of the molecule is CN(CCCl)CCCl.COc1cccc2c1C(=O)c1c(O)c3c(c(O)c1C2=O)C[C@@](O)(C(=O)CO)C[C@@H]3O[C@H]1C[C@H](N)[C@H](O)[C@H](C)O1. The second-order valence-corrected chi connectivity index (χ2v) is 12.6. The summed E-state index contributed by atoms with van der Waals surface area (Å²) >= 11 is 10.9. The van der Waals surface area contributed by atoms with Crippen molar-refractivity contribution >= 4 is 40.6 Å². The zero-order valence-electron chi connectivity index (χ0n) is 26.2. The van der Waals surface area contributed by atoms with Crippen LogP contribution >= 0.6 is 23.2 Å². The smallest absolute Gasteiger partial charge is 0.202 e. The number of aliphatic hydroxyl groups excluding tert-OH is 2. The first-order chi connectivity index (χ1) is 22.2. The van der Waals surface area contributed by atoms with E-state index in [1.165, 1.54) is 25.3 Å². The summed E-state index contributed by atoms with van der Waals surface area (Å²) in [6.45, 7) is 2.41. The molecule has 0 bridgehead atoms. The van der Waals surface area contributed by atoms with Gasteiger partial charge < -0.3 is 50.4 Å². The fourth-order valence-corrected chi connectivity index (χ4v) is 6.73. The molecule has 7 N–H and O–H groups in total. The number of phenolic OH excluding ortho intramolecular Hbond substituents is 2. The van der Waals surface area contributed by atoms with Gasteiger partial charge in [0.2, 0.25) is 5.78 Å². The summed E-state index contributed by atoms with van der Waals surface area (Å²) in [6.07, 6.45) is -5.12. The highest BCUT2D eigenvalue weighted by molar-refractivity contribution is 6.31. The molecule has 47 heavy (non-hydrogen) atoms. The van der Waals surface area contributed by atoms with E-state index in [2.05, 4.69) is 4.90 Å². The number of nitrogens with two attached hydrogens (primary N) is 1. The molecule has 0 spiro atoms. The highest BCUT2D eigenvalue weighted by Crippen LogP contribution is 2.52. The minimum atomic E-state index is -2.24. The topological polar surface area (TPSA) is 209 Å². The van der Waals surface area contributed by atoms with Gasteiger partial charge in [-0.05, 0) is 20.0 Å². The number of ether oxygens (including phenoxy) is 3. The summed E-state index contributed by atoms with van der Waals surface area (Å²) in [5, 5.41) is 53.7. The first kappa shape index (κ1) is 37.0. The first-order valence-corrected chi connectivity index (χ1v) is 16.1. The van der Waals surface area contributed by atoms with Gasteiger partial charge in [-0.2, -0.15) is 0 Å². The van der Waals surface area contributed by atoms with E-state index in [9.17, 15) is 39.9 Å². The third kappa shape index (κ3) is 7.14. The lowest BCUT2D eigenvalue weighted by molar-refractivity contribution is -0.247. The predicted molar refractivity (Wildman–Crippen MR) is 171 cm³/mol. The van der Waals surface area contributed by atoms with Crippen LogP contribution in [0.1, 0.15) is 68.8 Å². The zero-order valence-corrected chi connectivity index (χ0v) is 27.8. The molecule has 5 rings (SSSR count). The van der Waals surface area contributed by atoms with E-state index in [4.69, 9.17) is 43.1 Å². The van der Waals surface area contributed by atoms with Crippen molar-refractivity contribution in [1.82, 2.24) is 4.90 Å². The standard InChI is InChI=1S/C27H29NO11.C5H11Cl2N/c1-10-22(31)13(28)6-17(38-10)39-15-8-27(36,16(30)9-29)7-12-19(15)26(35)21-20(24(12)33)23(32)11-4-3-5-14(37-2)18(11)25(21)34;1-8(4-2-6)5-3-7/h3-5,10,13,15,17,22,29,31,33,35-36H,6-9,28H2,1-2H3;2-5H2,1H3/t10-,13-,15-,17-,22+,27-;/m0./s1. The maximum Gasteiger partial charge on any atom is 0.202 e. The molecule has 2 aromatic rings. The highest BCUT2D eigenvalue weighted by Gasteiger charge is 2.50. The lowest BCUT2D eigenvalue weighted by atomic mass is 9.72. The van der Waals surface area contributed by atoms with Crippen LogP contribution in [-0.4, -0.2) is 124 Å². The predicted octanol–water partition coefficient (Wildman–Crippen LogP) is 1.40. The van der Waals surface area contributed by atoms with E-state index >= 15 is 0 Å². The van der Waals surface area contributed by atoms with Crippen LogP contribution in [0.4, 0.5) is 0 Å². The molecule has 15 heteroatoms. The molecule has 0 amide bonds. The molecule has 2 aliphatic carbocycles. The largest absolute Gasteiger partial charge is 0.507 e. The molecule has 0 aromatic heterocycles. The van der Waals surface area contributed by atoms with Crippen molar-refractivity contribution in [3.8, 4) is 17.2 Å². The average Bonchev–Trinajstić information content (AvgIpc) is 3.03. The molecule has 1 fully saturated rings. The Balaban J connectivity index is 0.000000555. The maximum absolute atomic E-state index is 13.6. The number of aliphatic hydroxyl groups is 3. The van der Waals surface area contributed by atoms with Crippen molar-refractivity contribution in [1.29, 1.82) is 0 Å². The Morgan fingerprint density at radius 1 is 1.11 bits per heavy atom. The Morgan fingerprint density at radius 2 is 1.74 bits per heavy atom. The zero-order chi connectivity index (χ0) is 34.8. The number of Topliss-reactive ketones (excluding diaryl/α,β-unsaturated/α-hetero) is 1. The molecular weight excluding hydrogens is 659 g/mol. The third-order valence-corrected chi connectivity index (χ3v) is 9.08. The molecule has 258 valence electrons. The van der Waals surface area contributed by atoms with Crippen molar-refractivity contribution in [2.75, 3.05) is 45.6 Å². The number of carbonyl (C=O) groups is 3. The molecule has 13 nitrogen and oxygen atoms in total. The third-order valence-electron chi connectivity index (χ3n) is 8.74. The van der Waals surface area contributed by atoms with E-state index in [-0.39, 0.29) is 34.4 Å². The molecule has 1 aliphatic heterocycles. The van der Waals surface area contributed by atoms with Crippen LogP contribution in [-0.2, 0) is 20.7 Å². The van der Waals surface area contributed by atoms with Crippen molar-refractivity contribution in [3.05, 3.63) is 51.6 Å². The lowest BCUT2D eigenvalue weighted by Crippen LogP contribution is -2.53. The van der Waals surface area contributed by atoms with Gasteiger partial charge in [-0.1, -0.05) is 12.1 Å². The highest BCUT2D eigenvalue weighted by atomic mass is 35.5. The van der Waals surface area contributed by atoms with E-state index in [0.717, 1.165) is 13.1 Å². The van der Waals surface area contributed by atoms with E-state index in [0.29, 0.717) is 11.8 Å². The van der Waals surface area contributed by atoms with Gasteiger partial charge >= 0.3 is 0 Å². The molecule has 6 atom stereocenters. The number of alkyl halides is 2. The molecule has 0 saturated carbocycles. The first-order valence-electron chi connectivity index (χ1n) is 15.0. The van der Waals surface area contributed by atoms with Crippen molar-refractivity contribution in [3.63, 3.8) is 0 Å². The number of methoxy groups -OCH3 is 1. The summed E-state index contributed by atoms with van der Waals surface area (Å²) in [6, 6.07) is 3.64. The Hall–Kier alpha value is -2.85. The number of carbonyl (C=O) groups excluding carboxylic acids is 3. The maximum atomic E-state index is 13.6. The van der Waals surface area contributed by atoms with Gasteiger partial charge in [-0.25, -0.2) is 0 Å². The van der Waals surface area contributed by atoms with Crippen LogP contribution in [0.5, 0.6) is 17.2 Å². The number of rotatable bonds is 9. The van der Waals surface area contributed by atoms with Crippen LogP contribution in [0.15, 0.2) is 18.2 Å². The normalized spacial score (nSPS) is 26.6. The number of ketones is 3. The van der Waals surface area contributed by atoms with Gasteiger partial charge in [0.1, 0.15) is 29.5 Å². The fraction of sp³-hybridized carbons (Fsp3) is 0.531. The monoisotopic (exact) mass is 698 g/mol. The second-order valence-electron chi connectivity index (χ2n) is 11.8. The molecule has 0 radical (unpaired) electrons. The lowest BCUT2D eigenvalue weighted by Gasteiger charge is -2.42. The van der Waals surface area contributed by atoms with Crippen LogP contribution in [0.3, 0.4) is 0 Å². The number of phenols is 2. The fourth-order valence-electron chi connectivity index (χ4n) is 6.15. The van der Waals surface area contributed by atoms with Crippen molar-refractivity contribution in [2.24, 2.45) is 5.73 Å². The number of fused-ring (bicyclic) bond motifs is 3. The van der Waals surface area contributed by atoms with E-state index in [1.54, 1.807) is 6.92 Å². The Kier molecular flexibility index (Phi) is 11.9. The number of hydrogen-bond acceptors (Lipinski definition) is 13. The summed E-state index contributed by atoms with van der Waals surface area (Å²) in [4.78, 5) is 41.8. The van der Waals surface area contributed by atoms with Gasteiger partial charge in [0.05, 0.1) is 42.1 Å². The molecule has 1 heterocycles. The number of aromatic hydroxyl groups is 2. The number of nitrogens with zero attached hydrogens (tertiary/aromatic N) is 1. The molecule has 1 saturated heterocycles. The van der Waals surface area contributed by atoms with E-state index < -0.39 is 95.7 Å². The summed E-state index contributed by atoms with van der Waals surface area (Å²) in [7, 11) is 3.33. The minimum Gasteiger partial charge on any atom is -0.507 e. The van der Waals surface area contributed by atoms with Crippen molar-refractivity contribution in [2.45, 2.75) is 62.4 Å². The quantitative estimate of drug-likeness (QED) is 0.138. The second kappa shape index (κ2) is 15.1. The number of hydrogen-bond donors (Lipinski definition) is 6. The van der Waals surface area contributed by atoms with Crippen LogP contribution in [0, 0.1) is 0 Å². The number of benzene rings is 2. The van der Waals surface area contributed by atoms with Crippen LogP contribution < -0.4 is 10.5 Å². The van der Waals surface area contributed by atoms with Crippen LogP contribution in [0.2, 0.25) is 0 Å². The summed E-state index contributed by atoms with van der Waals surface area (Å²) < 4.78 is 17.0. The minimum absolute atomic E-state index is 0.0173. The Bertz CT molecular complexity index is 1500. The summed E-state index contributed by atoms with van der Waals surface area (Å²) in [5.74, 6) is -2.40. The molecule has 3 aliphatic rings. The van der Waals surface area contributed by atoms with Gasteiger partial charge in [-0.3, -0.25) is 14.4 Å². The van der Waals surface area contributed by atoms with Crippen LogP contribution in [0.25, 0.3) is 0 Å². The number of halogens is 2. The Labute approximate surface area is 281 Å². The molecular formula is C32H40Cl2N2O11. The molecule has 2 aromatic carbocycles. The van der Waals surface area contributed by atoms with Gasteiger partial charge in [-0.15, -0.1) is 23.2 Å². The molecule has 0 unspecified atom stereocenters. The van der Waals surface area contributed by atoms with Gasteiger partial charge in [0.15, 0.2) is 17.9 Å². The summed E-state index contributed by atoms with van der Waals surface area (Å²) in [5.41, 5.74) is 2.37. The average molecular weight is 700 g/mol. The van der Waals surface area contributed by atoms with Gasteiger partial charge in [0.25, 0.3) is 0 Å². The Morgan fingerprint density at radius 3 is 2.32 bits per heavy atom. The van der Waals surface area contributed by atoms with Crippen molar-refractivity contribution < 1.29 is 54.1 Å². The van der Waals surface area contributed by atoms with Gasteiger partial charge in [0, 0.05) is 66.8 Å². The van der Waals surface area contributed by atoms with E-state index in [1.807, 2.05) is 7.05 Å².